The molecule has 134 valence electrons. The van der Waals surface area contributed by atoms with E-state index in [0.29, 0.717) is 16.8 Å². The second kappa shape index (κ2) is 9.20. The number of rotatable bonds is 9. The van der Waals surface area contributed by atoms with Gasteiger partial charge in [0.2, 0.25) is 0 Å². The van der Waals surface area contributed by atoms with E-state index < -0.39 is 0 Å². The molecule has 5 heteroatoms. The summed E-state index contributed by atoms with van der Waals surface area (Å²) in [6.07, 6.45) is 2.19. The molecule has 0 aliphatic heterocycles. The van der Waals surface area contributed by atoms with E-state index in [2.05, 4.69) is 19.3 Å². The molecule has 2 aromatic carbocycles. The lowest BCUT2D eigenvalue weighted by atomic mass is 10.1. The van der Waals surface area contributed by atoms with Gasteiger partial charge in [-0.1, -0.05) is 31.5 Å². The fourth-order valence-corrected chi connectivity index (χ4v) is 2.94. The van der Waals surface area contributed by atoms with Gasteiger partial charge in [0.25, 0.3) is 5.91 Å². The molecular formula is C20H28N3O2+. The van der Waals surface area contributed by atoms with Gasteiger partial charge in [0.1, 0.15) is 12.3 Å². The van der Waals surface area contributed by atoms with Crippen LogP contribution in [0.3, 0.4) is 0 Å². The summed E-state index contributed by atoms with van der Waals surface area (Å²) in [5.74, 6) is 5.84. The predicted molar refractivity (Wildman–Crippen MR) is 101 cm³/mol. The zero-order valence-corrected chi connectivity index (χ0v) is 15.1. The summed E-state index contributed by atoms with van der Waals surface area (Å²) < 4.78 is 0.662. The molecule has 0 radical (unpaired) electrons. The van der Waals surface area contributed by atoms with Crippen molar-refractivity contribution < 1.29 is 14.1 Å². The molecule has 5 nitrogen and oxygen atoms in total. The van der Waals surface area contributed by atoms with Crippen LogP contribution in [0.5, 0.6) is 5.75 Å². The molecule has 0 bridgehead atoms. The zero-order chi connectivity index (χ0) is 18.1. The number of nitrogens with two attached hydrogens (primary N) is 1. The van der Waals surface area contributed by atoms with Crippen molar-refractivity contribution in [2.75, 3.05) is 25.5 Å². The number of nitrogens with zero attached hydrogens (tertiary/aromatic N) is 1. The molecule has 1 amide bonds. The van der Waals surface area contributed by atoms with Crippen LogP contribution in [-0.4, -0.2) is 30.5 Å². The van der Waals surface area contributed by atoms with Gasteiger partial charge >= 0.3 is 0 Å². The van der Waals surface area contributed by atoms with Crippen molar-refractivity contribution in [1.82, 2.24) is 0 Å². The first-order valence-corrected chi connectivity index (χ1v) is 8.69. The second-order valence-corrected chi connectivity index (χ2v) is 6.69. The summed E-state index contributed by atoms with van der Waals surface area (Å²) in [4.78, 5) is 17.2. The minimum Gasteiger partial charge on any atom is -0.412 e. The number of likely N-dealkylation sites (N-methyl/N-ethyl adjacent to an activating group) is 1. The van der Waals surface area contributed by atoms with Crippen LogP contribution >= 0.6 is 0 Å². The van der Waals surface area contributed by atoms with E-state index in [-0.39, 0.29) is 5.91 Å². The highest BCUT2D eigenvalue weighted by Crippen LogP contribution is 2.17. The number of carbonyl (C=O) groups excluding carboxylic acids is 1. The number of amides is 1. The lowest BCUT2D eigenvalue weighted by molar-refractivity contribution is -0.915. The Hall–Kier alpha value is -2.37. The van der Waals surface area contributed by atoms with Gasteiger partial charge in [0.05, 0.1) is 13.6 Å². The lowest BCUT2D eigenvalue weighted by Crippen LogP contribution is -2.49. The lowest BCUT2D eigenvalue weighted by Gasteiger charge is -2.34. The standard InChI is InChI=1S/C20H27N3O2/c1-3-4-14-23(2,15-17-10-12-19(25-21)13-11-17)16-20(24)22-18-8-6-5-7-9-18/h5-13H,3-4,14-16,21H2,1-2H3/p+1. The van der Waals surface area contributed by atoms with Gasteiger partial charge in [-0.25, -0.2) is 0 Å². The summed E-state index contributed by atoms with van der Waals surface area (Å²) in [5.41, 5.74) is 1.99. The molecule has 0 saturated heterocycles. The number of nitrogens with one attached hydrogen (secondary N) is 1. The van der Waals surface area contributed by atoms with E-state index in [1.807, 2.05) is 54.6 Å². The molecule has 0 aliphatic carbocycles. The van der Waals surface area contributed by atoms with Crippen molar-refractivity contribution in [2.45, 2.75) is 26.3 Å². The van der Waals surface area contributed by atoms with E-state index in [1.54, 1.807) is 0 Å². The Morgan fingerprint density at radius 2 is 1.80 bits per heavy atom. The molecule has 1 unspecified atom stereocenters. The zero-order valence-electron chi connectivity index (χ0n) is 15.1. The third-order valence-electron chi connectivity index (χ3n) is 4.26. The Labute approximate surface area is 149 Å². The molecule has 25 heavy (non-hydrogen) atoms. The highest BCUT2D eigenvalue weighted by molar-refractivity contribution is 5.91. The first kappa shape index (κ1) is 19.0. The van der Waals surface area contributed by atoms with E-state index in [1.165, 1.54) is 0 Å². The van der Waals surface area contributed by atoms with Crippen molar-refractivity contribution in [3.63, 3.8) is 0 Å². The molecule has 0 aromatic heterocycles. The quantitative estimate of drug-likeness (QED) is 0.543. The predicted octanol–water partition coefficient (Wildman–Crippen LogP) is 3.32. The number of hydrogen-bond acceptors (Lipinski definition) is 3. The summed E-state index contributed by atoms with van der Waals surface area (Å²) in [6, 6.07) is 17.3. The molecule has 2 aromatic rings. The highest BCUT2D eigenvalue weighted by atomic mass is 16.6. The van der Waals surface area contributed by atoms with Gasteiger partial charge in [-0.05, 0) is 42.8 Å². The van der Waals surface area contributed by atoms with Gasteiger partial charge in [0, 0.05) is 11.3 Å². The van der Waals surface area contributed by atoms with Crippen molar-refractivity contribution in [3.8, 4) is 5.75 Å². The van der Waals surface area contributed by atoms with Crippen LogP contribution in [-0.2, 0) is 11.3 Å². The minimum atomic E-state index is 0.0340. The maximum absolute atomic E-state index is 12.5. The molecule has 0 fully saturated rings. The normalized spacial score (nSPS) is 13.1. The maximum atomic E-state index is 12.5. The average Bonchev–Trinajstić information content (AvgIpc) is 2.61. The Morgan fingerprint density at radius 1 is 1.12 bits per heavy atom. The number of carbonyl (C=O) groups is 1. The largest absolute Gasteiger partial charge is 0.412 e. The Bertz CT molecular complexity index is 658. The molecular weight excluding hydrogens is 314 g/mol. The molecule has 1 atom stereocenters. The number of anilines is 1. The van der Waals surface area contributed by atoms with E-state index in [0.717, 1.165) is 37.2 Å². The highest BCUT2D eigenvalue weighted by Gasteiger charge is 2.25. The van der Waals surface area contributed by atoms with Crippen LogP contribution in [0.25, 0.3) is 0 Å². The topological polar surface area (TPSA) is 64.3 Å². The number of unbranched alkanes of at least 4 members (excludes halogenated alkanes) is 1. The third kappa shape index (κ3) is 6.21. The summed E-state index contributed by atoms with van der Waals surface area (Å²) in [5, 5.41) is 2.99. The molecule has 0 heterocycles. The number of quaternary nitrogens is 1. The first-order valence-electron chi connectivity index (χ1n) is 8.69. The molecule has 0 saturated carbocycles. The van der Waals surface area contributed by atoms with Gasteiger partial charge < -0.3 is 14.6 Å². The van der Waals surface area contributed by atoms with Crippen LogP contribution in [0.2, 0.25) is 0 Å². The smallest absolute Gasteiger partial charge is 0.279 e. The van der Waals surface area contributed by atoms with Crippen molar-refractivity contribution in [2.24, 2.45) is 5.90 Å². The van der Waals surface area contributed by atoms with Crippen molar-refractivity contribution in [1.29, 1.82) is 0 Å². The molecule has 2 rings (SSSR count). The van der Waals surface area contributed by atoms with Crippen LogP contribution in [0.1, 0.15) is 25.3 Å². The van der Waals surface area contributed by atoms with Gasteiger partial charge in [-0.15, -0.1) is 0 Å². The average molecular weight is 342 g/mol. The summed E-state index contributed by atoms with van der Waals surface area (Å²) in [6.45, 7) is 4.34. The van der Waals surface area contributed by atoms with Crippen LogP contribution in [0.15, 0.2) is 54.6 Å². The molecule has 3 N–H and O–H groups in total. The molecule has 0 aliphatic rings. The number of para-hydroxylation sites is 1. The van der Waals surface area contributed by atoms with Gasteiger partial charge in [-0.3, -0.25) is 4.79 Å². The fraction of sp³-hybridized carbons (Fsp3) is 0.350. The Balaban J connectivity index is 2.05. The monoisotopic (exact) mass is 342 g/mol. The Morgan fingerprint density at radius 3 is 2.40 bits per heavy atom. The van der Waals surface area contributed by atoms with Crippen LogP contribution < -0.4 is 16.1 Å². The molecule has 0 spiro atoms. The number of benzene rings is 2. The van der Waals surface area contributed by atoms with E-state index in [4.69, 9.17) is 10.7 Å². The third-order valence-corrected chi connectivity index (χ3v) is 4.26. The van der Waals surface area contributed by atoms with E-state index in [9.17, 15) is 4.79 Å². The second-order valence-electron chi connectivity index (χ2n) is 6.69. The van der Waals surface area contributed by atoms with Crippen LogP contribution in [0.4, 0.5) is 5.69 Å². The summed E-state index contributed by atoms with van der Waals surface area (Å²) >= 11 is 0. The van der Waals surface area contributed by atoms with Crippen molar-refractivity contribution in [3.05, 3.63) is 60.2 Å². The Kier molecular flexibility index (Phi) is 6.98. The van der Waals surface area contributed by atoms with Crippen LogP contribution in [0, 0.1) is 0 Å². The fourth-order valence-electron chi connectivity index (χ4n) is 2.94. The first-order chi connectivity index (χ1) is 12.0. The van der Waals surface area contributed by atoms with Gasteiger partial charge in [-0.2, -0.15) is 5.90 Å². The minimum absolute atomic E-state index is 0.0340. The maximum Gasteiger partial charge on any atom is 0.279 e. The van der Waals surface area contributed by atoms with E-state index >= 15 is 0 Å². The van der Waals surface area contributed by atoms with Crippen molar-refractivity contribution >= 4 is 11.6 Å². The number of hydrogen-bond donors (Lipinski definition) is 2. The SMILES string of the molecule is CCCC[N+](C)(CC(=O)Nc1ccccc1)Cc1ccc(ON)cc1. The van der Waals surface area contributed by atoms with Gasteiger partial charge in [0.15, 0.2) is 6.54 Å². The summed E-state index contributed by atoms with van der Waals surface area (Å²) in [7, 11) is 2.13.